The number of nitrogens with one attached hydrogen (secondary N) is 1. The average Bonchev–Trinajstić information content (AvgIpc) is 2.99. The van der Waals surface area contributed by atoms with Gasteiger partial charge in [-0.1, -0.05) is 0 Å². The van der Waals surface area contributed by atoms with Crippen LogP contribution in [0.25, 0.3) is 10.9 Å². The molecule has 0 amide bonds. The first-order valence-corrected chi connectivity index (χ1v) is 7.06. The van der Waals surface area contributed by atoms with Gasteiger partial charge in [0.15, 0.2) is 17.3 Å². The van der Waals surface area contributed by atoms with Crippen molar-refractivity contribution in [2.45, 2.75) is 0 Å². The zero-order valence-electron chi connectivity index (χ0n) is 11.4. The summed E-state index contributed by atoms with van der Waals surface area (Å²) in [5.74, 6) is -0.802. The Morgan fingerprint density at radius 1 is 1.36 bits per heavy atom. The third-order valence-electron chi connectivity index (χ3n) is 3.05. The Kier molecular flexibility index (Phi) is 3.81. The number of carbonyl (C=O) groups is 1. The fraction of sp³-hybridized carbons (Fsp3) is 0.0667. The minimum Gasteiger partial charge on any atom is -0.464 e. The van der Waals surface area contributed by atoms with E-state index >= 15 is 0 Å². The number of ether oxygens (including phenoxy) is 2. The van der Waals surface area contributed by atoms with E-state index in [1.165, 1.54) is 31.5 Å². The Morgan fingerprint density at radius 2 is 2.18 bits per heavy atom. The minimum absolute atomic E-state index is 0.0362. The number of hydrogen-bond acceptors (Lipinski definition) is 4. The molecule has 0 unspecified atom stereocenters. The average molecular weight is 365 g/mol. The molecule has 0 aliphatic rings. The van der Waals surface area contributed by atoms with Crippen LogP contribution in [-0.2, 0) is 4.74 Å². The highest BCUT2D eigenvalue weighted by molar-refractivity contribution is 9.10. The second-order valence-corrected chi connectivity index (χ2v) is 5.20. The molecule has 0 saturated heterocycles. The summed E-state index contributed by atoms with van der Waals surface area (Å²) in [4.78, 5) is 18.3. The Hall–Kier alpha value is -2.41. The molecule has 0 saturated carbocycles. The van der Waals surface area contributed by atoms with Crippen molar-refractivity contribution < 1.29 is 18.7 Å². The molecule has 0 fully saturated rings. The van der Waals surface area contributed by atoms with Gasteiger partial charge in [-0.3, -0.25) is 0 Å². The van der Waals surface area contributed by atoms with Gasteiger partial charge in [-0.25, -0.2) is 14.2 Å². The van der Waals surface area contributed by atoms with E-state index < -0.39 is 11.8 Å². The molecule has 2 aromatic heterocycles. The Balaban J connectivity index is 2.01. The number of aromatic nitrogens is 2. The highest BCUT2D eigenvalue weighted by Gasteiger charge is 2.16. The van der Waals surface area contributed by atoms with Crippen LogP contribution in [0.1, 0.15) is 10.5 Å². The minimum atomic E-state index is -0.592. The summed E-state index contributed by atoms with van der Waals surface area (Å²) in [5, 5.41) is 0.790. The first kappa shape index (κ1) is 14.5. The number of methoxy groups -OCH3 is 1. The molecule has 3 aromatic rings. The molecular weight excluding hydrogens is 355 g/mol. The number of H-pyrrole nitrogens is 1. The van der Waals surface area contributed by atoms with E-state index in [0.29, 0.717) is 9.99 Å². The van der Waals surface area contributed by atoms with Gasteiger partial charge >= 0.3 is 5.97 Å². The number of esters is 1. The van der Waals surface area contributed by atoms with Gasteiger partial charge in [-0.05, 0) is 28.1 Å². The molecule has 0 spiro atoms. The van der Waals surface area contributed by atoms with E-state index in [-0.39, 0.29) is 17.2 Å². The predicted octanol–water partition coefficient (Wildman–Crippen LogP) is 4.04. The summed E-state index contributed by atoms with van der Waals surface area (Å²) in [6.45, 7) is 0. The molecular formula is C15H10BrFN2O3. The van der Waals surface area contributed by atoms with Crippen molar-refractivity contribution in [3.05, 3.63) is 52.6 Å². The quantitative estimate of drug-likeness (QED) is 0.712. The third kappa shape index (κ3) is 2.55. The summed E-state index contributed by atoms with van der Waals surface area (Å²) >= 11 is 3.34. The second-order valence-electron chi connectivity index (χ2n) is 4.41. The maximum atomic E-state index is 14.2. The van der Waals surface area contributed by atoms with Crippen LogP contribution in [0.3, 0.4) is 0 Å². The van der Waals surface area contributed by atoms with Gasteiger partial charge in [0.2, 0.25) is 0 Å². The number of nitrogens with zero attached hydrogens (tertiary/aromatic N) is 1. The standard InChI is InChI=1S/C15H10BrFN2O3/c1-21-15(20)12-6-8(2-4-19-12)22-14-10(17)7-11-9(13(14)16)3-5-18-11/h2-7,18H,1H3. The third-order valence-corrected chi connectivity index (χ3v) is 3.84. The number of pyridine rings is 1. The largest absolute Gasteiger partial charge is 0.464 e. The van der Waals surface area contributed by atoms with Crippen molar-refractivity contribution in [2.24, 2.45) is 0 Å². The number of benzene rings is 1. The number of carbonyl (C=O) groups excluding carboxylic acids is 1. The highest BCUT2D eigenvalue weighted by atomic mass is 79.9. The van der Waals surface area contributed by atoms with Crippen LogP contribution in [0, 0.1) is 5.82 Å². The fourth-order valence-electron chi connectivity index (χ4n) is 2.01. The smallest absolute Gasteiger partial charge is 0.356 e. The van der Waals surface area contributed by atoms with E-state index in [9.17, 15) is 9.18 Å². The normalized spacial score (nSPS) is 10.7. The summed E-state index contributed by atoms with van der Waals surface area (Å²) in [6.07, 6.45) is 3.10. The van der Waals surface area contributed by atoms with Crippen LogP contribution in [0.5, 0.6) is 11.5 Å². The van der Waals surface area contributed by atoms with E-state index in [0.717, 1.165) is 5.39 Å². The van der Waals surface area contributed by atoms with Crippen molar-refractivity contribution in [1.82, 2.24) is 9.97 Å². The van der Waals surface area contributed by atoms with Gasteiger partial charge < -0.3 is 14.5 Å². The zero-order chi connectivity index (χ0) is 15.7. The Bertz CT molecular complexity index is 863. The molecule has 7 heteroatoms. The Morgan fingerprint density at radius 3 is 2.95 bits per heavy atom. The predicted molar refractivity (Wildman–Crippen MR) is 81.6 cm³/mol. The van der Waals surface area contributed by atoms with Crippen LogP contribution >= 0.6 is 15.9 Å². The lowest BCUT2D eigenvalue weighted by atomic mass is 10.2. The lowest BCUT2D eigenvalue weighted by Crippen LogP contribution is -2.04. The van der Waals surface area contributed by atoms with Gasteiger partial charge in [-0.15, -0.1) is 0 Å². The van der Waals surface area contributed by atoms with Crippen molar-refractivity contribution in [1.29, 1.82) is 0 Å². The monoisotopic (exact) mass is 364 g/mol. The molecule has 5 nitrogen and oxygen atoms in total. The summed E-state index contributed by atoms with van der Waals surface area (Å²) in [5.41, 5.74) is 0.737. The maximum Gasteiger partial charge on any atom is 0.356 e. The molecule has 0 atom stereocenters. The number of fused-ring (bicyclic) bond motifs is 1. The number of aromatic amines is 1. The summed E-state index contributed by atoms with van der Waals surface area (Å²) in [6, 6.07) is 6.06. The lowest BCUT2D eigenvalue weighted by Gasteiger charge is -2.10. The lowest BCUT2D eigenvalue weighted by molar-refractivity contribution is 0.0593. The molecule has 2 heterocycles. The van der Waals surface area contributed by atoms with Gasteiger partial charge in [0.25, 0.3) is 0 Å². The van der Waals surface area contributed by atoms with E-state index in [4.69, 9.17) is 4.74 Å². The van der Waals surface area contributed by atoms with Gasteiger partial charge in [0.05, 0.1) is 11.6 Å². The van der Waals surface area contributed by atoms with Crippen molar-refractivity contribution >= 4 is 32.8 Å². The molecule has 0 bridgehead atoms. The van der Waals surface area contributed by atoms with Crippen LogP contribution in [0.15, 0.2) is 41.1 Å². The molecule has 0 radical (unpaired) electrons. The molecule has 112 valence electrons. The number of hydrogen-bond donors (Lipinski definition) is 1. The van der Waals surface area contributed by atoms with Crippen LogP contribution in [0.2, 0.25) is 0 Å². The summed E-state index contributed by atoms with van der Waals surface area (Å²) < 4.78 is 24.8. The van der Waals surface area contributed by atoms with Crippen LogP contribution in [0.4, 0.5) is 4.39 Å². The van der Waals surface area contributed by atoms with E-state index in [1.54, 1.807) is 12.3 Å². The molecule has 22 heavy (non-hydrogen) atoms. The van der Waals surface area contributed by atoms with Crippen molar-refractivity contribution in [3.8, 4) is 11.5 Å². The first-order chi connectivity index (χ1) is 10.6. The number of rotatable bonds is 3. The number of halogens is 2. The van der Waals surface area contributed by atoms with Crippen LogP contribution in [-0.4, -0.2) is 23.0 Å². The maximum absolute atomic E-state index is 14.2. The molecule has 3 rings (SSSR count). The SMILES string of the molecule is COC(=O)c1cc(Oc2c(F)cc3[nH]ccc3c2Br)ccn1. The van der Waals surface area contributed by atoms with Crippen molar-refractivity contribution in [2.75, 3.05) is 7.11 Å². The topological polar surface area (TPSA) is 64.2 Å². The molecule has 1 N–H and O–H groups in total. The van der Waals surface area contributed by atoms with Crippen LogP contribution < -0.4 is 4.74 Å². The van der Waals surface area contributed by atoms with E-state index in [2.05, 4.69) is 30.6 Å². The van der Waals surface area contributed by atoms with Crippen molar-refractivity contribution in [3.63, 3.8) is 0 Å². The Labute approximate surface area is 133 Å². The van der Waals surface area contributed by atoms with E-state index in [1.807, 2.05) is 0 Å². The first-order valence-electron chi connectivity index (χ1n) is 6.27. The molecule has 0 aliphatic carbocycles. The molecule has 1 aromatic carbocycles. The van der Waals surface area contributed by atoms with Gasteiger partial charge in [0.1, 0.15) is 5.75 Å². The van der Waals surface area contributed by atoms with Gasteiger partial charge in [0, 0.05) is 35.4 Å². The molecule has 0 aliphatic heterocycles. The highest BCUT2D eigenvalue weighted by Crippen LogP contribution is 2.38. The van der Waals surface area contributed by atoms with Gasteiger partial charge in [-0.2, -0.15) is 0 Å². The fourth-order valence-corrected chi connectivity index (χ4v) is 2.63. The zero-order valence-corrected chi connectivity index (χ0v) is 13.0. The summed E-state index contributed by atoms with van der Waals surface area (Å²) in [7, 11) is 1.26. The second kappa shape index (κ2) is 5.76.